The fourth-order valence-electron chi connectivity index (χ4n) is 2.82. The molecular weight excluding hydrogens is 338 g/mol. The number of phenolic OH excluding ortho intramolecular Hbond substituents is 1. The second-order valence-electron chi connectivity index (χ2n) is 6.67. The minimum absolute atomic E-state index is 0.152. The van der Waals surface area contributed by atoms with Crippen LogP contribution in [0.5, 0.6) is 5.75 Å². The van der Waals surface area contributed by atoms with E-state index in [0.29, 0.717) is 6.42 Å². The third-order valence-electron chi connectivity index (χ3n) is 4.56. The van der Waals surface area contributed by atoms with Crippen LogP contribution in [0.2, 0.25) is 0 Å². The standard InChI is InChI=1S/C21H26F2O3/c1-3-4-5-6-19(22)20(23)13-26-21(25)14(2)15-7-8-17-12-18(24)10-9-16(17)11-15/h7-12,14,19-20,24H,3-6,13H2,1-2H3/t14-,19+,20+/m0/s1. The molecular formula is C21H26F2O3. The van der Waals surface area contributed by atoms with Crippen LogP contribution in [0, 0.1) is 0 Å². The number of phenols is 1. The van der Waals surface area contributed by atoms with Crippen LogP contribution in [0.4, 0.5) is 8.78 Å². The van der Waals surface area contributed by atoms with E-state index in [0.717, 1.165) is 29.2 Å². The van der Waals surface area contributed by atoms with Crippen LogP contribution < -0.4 is 0 Å². The summed E-state index contributed by atoms with van der Waals surface area (Å²) in [5.74, 6) is -0.989. The number of hydrogen-bond acceptors (Lipinski definition) is 3. The monoisotopic (exact) mass is 364 g/mol. The molecule has 0 aliphatic rings. The Kier molecular flexibility index (Phi) is 7.37. The van der Waals surface area contributed by atoms with Gasteiger partial charge < -0.3 is 9.84 Å². The van der Waals surface area contributed by atoms with Gasteiger partial charge in [-0.15, -0.1) is 0 Å². The molecule has 0 bridgehead atoms. The maximum Gasteiger partial charge on any atom is 0.313 e. The molecule has 0 amide bonds. The molecule has 0 fully saturated rings. The van der Waals surface area contributed by atoms with Crippen molar-refractivity contribution in [3.05, 3.63) is 42.0 Å². The van der Waals surface area contributed by atoms with E-state index in [1.165, 1.54) is 0 Å². The third kappa shape index (κ3) is 5.41. The van der Waals surface area contributed by atoms with Crippen molar-refractivity contribution < 1.29 is 23.4 Å². The van der Waals surface area contributed by atoms with E-state index in [2.05, 4.69) is 0 Å². The fraction of sp³-hybridized carbons (Fsp3) is 0.476. The van der Waals surface area contributed by atoms with E-state index >= 15 is 0 Å². The topological polar surface area (TPSA) is 46.5 Å². The molecule has 3 atom stereocenters. The Labute approximate surface area is 153 Å². The molecule has 0 saturated heterocycles. The van der Waals surface area contributed by atoms with Crippen molar-refractivity contribution in [3.63, 3.8) is 0 Å². The Balaban J connectivity index is 1.91. The number of esters is 1. The molecule has 0 heterocycles. The highest BCUT2D eigenvalue weighted by Crippen LogP contribution is 2.25. The first-order chi connectivity index (χ1) is 12.4. The van der Waals surface area contributed by atoms with Crippen LogP contribution >= 0.6 is 0 Å². The lowest BCUT2D eigenvalue weighted by Crippen LogP contribution is -2.26. The minimum atomic E-state index is -1.79. The van der Waals surface area contributed by atoms with Crippen LogP contribution in [-0.2, 0) is 9.53 Å². The number of benzene rings is 2. The second-order valence-corrected chi connectivity index (χ2v) is 6.67. The lowest BCUT2D eigenvalue weighted by Gasteiger charge is -2.16. The number of unbranched alkanes of at least 4 members (excludes halogenated alkanes) is 2. The molecule has 0 radical (unpaired) electrons. The van der Waals surface area contributed by atoms with Crippen LogP contribution in [0.15, 0.2) is 36.4 Å². The van der Waals surface area contributed by atoms with E-state index < -0.39 is 30.8 Å². The van der Waals surface area contributed by atoms with Crippen LogP contribution in [0.1, 0.15) is 51.0 Å². The summed E-state index contributed by atoms with van der Waals surface area (Å²) < 4.78 is 32.5. The molecule has 1 N–H and O–H groups in total. The van der Waals surface area contributed by atoms with Crippen molar-refractivity contribution in [1.82, 2.24) is 0 Å². The summed E-state index contributed by atoms with van der Waals surface area (Å²) in [6.07, 6.45) is -0.791. The van der Waals surface area contributed by atoms with Crippen molar-refractivity contribution in [2.75, 3.05) is 6.61 Å². The zero-order valence-corrected chi connectivity index (χ0v) is 15.3. The van der Waals surface area contributed by atoms with E-state index in [1.54, 1.807) is 37.3 Å². The number of hydrogen-bond donors (Lipinski definition) is 1. The Bertz CT molecular complexity index is 732. The number of ether oxygens (including phenoxy) is 1. The minimum Gasteiger partial charge on any atom is -0.508 e. The highest BCUT2D eigenvalue weighted by molar-refractivity contribution is 5.86. The third-order valence-corrected chi connectivity index (χ3v) is 4.56. The first kappa shape index (κ1) is 20.1. The highest BCUT2D eigenvalue weighted by atomic mass is 19.2. The first-order valence-electron chi connectivity index (χ1n) is 9.09. The van der Waals surface area contributed by atoms with Gasteiger partial charge in [-0.05, 0) is 41.8 Å². The SMILES string of the molecule is CCCCC[C@@H](F)[C@H](F)COC(=O)[C@@H](C)c1ccc2cc(O)ccc2c1. The van der Waals surface area contributed by atoms with E-state index in [-0.39, 0.29) is 12.2 Å². The van der Waals surface area contributed by atoms with Crippen molar-refractivity contribution in [1.29, 1.82) is 0 Å². The van der Waals surface area contributed by atoms with Gasteiger partial charge in [0.15, 0.2) is 6.17 Å². The van der Waals surface area contributed by atoms with Gasteiger partial charge >= 0.3 is 5.97 Å². The van der Waals surface area contributed by atoms with Crippen molar-refractivity contribution in [2.45, 2.75) is 57.8 Å². The Hall–Kier alpha value is -2.17. The fourth-order valence-corrected chi connectivity index (χ4v) is 2.82. The maximum absolute atomic E-state index is 13.8. The molecule has 2 aromatic carbocycles. The van der Waals surface area contributed by atoms with Gasteiger partial charge in [0.2, 0.25) is 0 Å². The summed E-state index contributed by atoms with van der Waals surface area (Å²) >= 11 is 0. The van der Waals surface area contributed by atoms with Gasteiger partial charge in [0.05, 0.1) is 5.92 Å². The molecule has 0 aromatic heterocycles. The zero-order valence-electron chi connectivity index (χ0n) is 15.3. The number of rotatable bonds is 9. The van der Waals surface area contributed by atoms with E-state index in [9.17, 15) is 18.7 Å². The number of fused-ring (bicyclic) bond motifs is 1. The average Bonchev–Trinajstić information content (AvgIpc) is 2.64. The van der Waals surface area contributed by atoms with Crippen molar-refractivity contribution in [2.24, 2.45) is 0 Å². The maximum atomic E-state index is 13.8. The first-order valence-corrected chi connectivity index (χ1v) is 9.09. The average molecular weight is 364 g/mol. The van der Waals surface area contributed by atoms with Crippen LogP contribution in [0.3, 0.4) is 0 Å². The van der Waals surface area contributed by atoms with E-state index in [1.807, 2.05) is 13.0 Å². The number of halogens is 2. The predicted octanol–water partition coefficient (Wildman–Crippen LogP) is 5.45. The molecule has 142 valence electrons. The second kappa shape index (κ2) is 9.51. The normalized spacial score (nSPS) is 14.8. The van der Waals surface area contributed by atoms with Gasteiger partial charge in [0.1, 0.15) is 18.5 Å². The number of alkyl halides is 2. The molecule has 0 spiro atoms. The molecule has 3 nitrogen and oxygen atoms in total. The Morgan fingerprint density at radius 3 is 2.50 bits per heavy atom. The van der Waals surface area contributed by atoms with Gasteiger partial charge in [0, 0.05) is 0 Å². The van der Waals surface area contributed by atoms with Crippen LogP contribution in [0.25, 0.3) is 10.8 Å². The summed E-state index contributed by atoms with van der Waals surface area (Å²) in [5, 5.41) is 11.2. The van der Waals surface area contributed by atoms with Gasteiger partial charge in [0.25, 0.3) is 0 Å². The zero-order chi connectivity index (χ0) is 19.1. The summed E-state index contributed by atoms with van der Waals surface area (Å²) in [5.41, 5.74) is 0.725. The smallest absolute Gasteiger partial charge is 0.313 e. The summed E-state index contributed by atoms with van der Waals surface area (Å²) in [7, 11) is 0. The molecule has 0 saturated carbocycles. The van der Waals surface area contributed by atoms with E-state index in [4.69, 9.17) is 4.74 Å². The van der Waals surface area contributed by atoms with Gasteiger partial charge in [-0.1, -0.05) is 50.5 Å². The van der Waals surface area contributed by atoms with Gasteiger partial charge in [-0.3, -0.25) is 4.79 Å². The van der Waals surface area contributed by atoms with Gasteiger partial charge in [-0.2, -0.15) is 0 Å². The number of carbonyl (C=O) groups is 1. The summed E-state index contributed by atoms with van der Waals surface area (Å²) in [4.78, 5) is 12.2. The lowest BCUT2D eigenvalue weighted by atomic mass is 9.98. The largest absolute Gasteiger partial charge is 0.508 e. The van der Waals surface area contributed by atoms with Crippen molar-refractivity contribution in [3.8, 4) is 5.75 Å². The molecule has 2 rings (SSSR count). The predicted molar refractivity (Wildman–Crippen MR) is 98.9 cm³/mol. The Morgan fingerprint density at radius 1 is 1.08 bits per heavy atom. The van der Waals surface area contributed by atoms with Crippen LogP contribution in [-0.4, -0.2) is 30.0 Å². The number of aromatic hydroxyl groups is 1. The van der Waals surface area contributed by atoms with Crippen molar-refractivity contribution >= 4 is 16.7 Å². The van der Waals surface area contributed by atoms with Gasteiger partial charge in [-0.25, -0.2) is 8.78 Å². The molecule has 0 unspecified atom stereocenters. The molecule has 5 heteroatoms. The molecule has 2 aromatic rings. The molecule has 0 aliphatic heterocycles. The quantitative estimate of drug-likeness (QED) is 0.475. The Morgan fingerprint density at radius 2 is 1.77 bits per heavy atom. The number of carbonyl (C=O) groups excluding carboxylic acids is 1. The summed E-state index contributed by atoms with van der Waals surface area (Å²) in [6.45, 7) is 3.11. The lowest BCUT2D eigenvalue weighted by molar-refractivity contribution is -0.147. The molecule has 0 aliphatic carbocycles. The molecule has 26 heavy (non-hydrogen) atoms. The summed E-state index contributed by atoms with van der Waals surface area (Å²) in [6, 6.07) is 10.4. The highest BCUT2D eigenvalue weighted by Gasteiger charge is 2.24.